The van der Waals surface area contributed by atoms with Gasteiger partial charge in [-0.15, -0.1) is 0 Å². The average Bonchev–Trinajstić information content (AvgIpc) is 3.42. The molecule has 8 nitrogen and oxygen atoms in total. The normalized spacial score (nSPS) is 16.4. The van der Waals surface area contributed by atoms with Crippen molar-refractivity contribution in [3.8, 4) is 5.75 Å². The molecule has 1 aromatic carbocycles. The van der Waals surface area contributed by atoms with Gasteiger partial charge in [0.15, 0.2) is 0 Å². The summed E-state index contributed by atoms with van der Waals surface area (Å²) in [6.07, 6.45) is 3.68. The van der Waals surface area contributed by atoms with Gasteiger partial charge in [0, 0.05) is 43.9 Å². The smallest absolute Gasteiger partial charge is 0.244 e. The van der Waals surface area contributed by atoms with Crippen molar-refractivity contribution in [2.75, 3.05) is 26.7 Å². The molecular weight excluding hydrogens is 418 g/mol. The highest BCUT2D eigenvalue weighted by Gasteiger charge is 2.24. The van der Waals surface area contributed by atoms with Crippen LogP contribution in [0.2, 0.25) is 0 Å². The van der Waals surface area contributed by atoms with Gasteiger partial charge in [-0.05, 0) is 57.5 Å². The molecule has 3 heterocycles. The Morgan fingerprint density at radius 1 is 1.21 bits per heavy atom. The van der Waals surface area contributed by atoms with E-state index in [0.29, 0.717) is 19.1 Å². The Labute approximate surface area is 195 Å². The third-order valence-electron chi connectivity index (χ3n) is 6.04. The summed E-state index contributed by atoms with van der Waals surface area (Å²) in [4.78, 5) is 16.9. The van der Waals surface area contributed by atoms with Crippen LogP contribution in [0.3, 0.4) is 0 Å². The maximum atomic E-state index is 12.8. The number of aromatic nitrogens is 3. The molecule has 176 valence electrons. The van der Waals surface area contributed by atoms with E-state index >= 15 is 0 Å². The first-order valence-corrected chi connectivity index (χ1v) is 11.5. The summed E-state index contributed by atoms with van der Waals surface area (Å²) in [5.41, 5.74) is 4.10. The number of rotatable bonds is 9. The standard InChI is InChI=1S/C25H33N5O3/c1-19-13-20(2)30(26-19)17-25(31)29-11-4-5-22(15-29)18-32-24-8-6-21(7-9-24)14-28(3)16-23-10-12-33-27-23/h6-10,12-13,22H,4-5,11,14-18H2,1-3H3/t22-/m0/s1. The van der Waals surface area contributed by atoms with Gasteiger partial charge in [-0.25, -0.2) is 0 Å². The molecule has 0 radical (unpaired) electrons. The number of piperidine rings is 1. The average molecular weight is 452 g/mol. The lowest BCUT2D eigenvalue weighted by Gasteiger charge is -2.32. The molecule has 8 heteroatoms. The third-order valence-corrected chi connectivity index (χ3v) is 6.04. The Morgan fingerprint density at radius 2 is 2.03 bits per heavy atom. The first kappa shape index (κ1) is 23.0. The van der Waals surface area contributed by atoms with Gasteiger partial charge in [0.05, 0.1) is 18.0 Å². The molecule has 4 rings (SSSR count). The minimum absolute atomic E-state index is 0.130. The van der Waals surface area contributed by atoms with Gasteiger partial charge in [-0.1, -0.05) is 17.3 Å². The maximum Gasteiger partial charge on any atom is 0.244 e. The van der Waals surface area contributed by atoms with Gasteiger partial charge < -0.3 is 14.2 Å². The molecular formula is C25H33N5O3. The lowest BCUT2D eigenvalue weighted by Crippen LogP contribution is -2.43. The van der Waals surface area contributed by atoms with Gasteiger partial charge >= 0.3 is 0 Å². The number of hydrogen-bond donors (Lipinski definition) is 0. The van der Waals surface area contributed by atoms with Crippen LogP contribution >= 0.6 is 0 Å². The second-order valence-electron chi connectivity index (χ2n) is 9.05. The van der Waals surface area contributed by atoms with Crippen LogP contribution in [0, 0.1) is 19.8 Å². The number of hydrogen-bond acceptors (Lipinski definition) is 6. The second-order valence-corrected chi connectivity index (χ2v) is 9.05. The molecule has 0 bridgehead atoms. The fraction of sp³-hybridized carbons (Fsp3) is 0.480. The number of ether oxygens (including phenoxy) is 1. The Bertz CT molecular complexity index is 1030. The number of amides is 1. The van der Waals surface area contributed by atoms with Crippen molar-refractivity contribution in [3.63, 3.8) is 0 Å². The highest BCUT2D eigenvalue weighted by molar-refractivity contribution is 5.76. The van der Waals surface area contributed by atoms with Crippen molar-refractivity contribution in [2.45, 2.75) is 46.3 Å². The molecule has 0 unspecified atom stereocenters. The fourth-order valence-corrected chi connectivity index (χ4v) is 4.36. The van der Waals surface area contributed by atoms with Crippen molar-refractivity contribution in [1.82, 2.24) is 24.7 Å². The summed E-state index contributed by atoms with van der Waals surface area (Å²) in [5.74, 6) is 1.34. The van der Waals surface area contributed by atoms with Gasteiger partial charge in [0.1, 0.15) is 18.6 Å². The summed E-state index contributed by atoms with van der Waals surface area (Å²) in [5, 5.41) is 8.37. The Balaban J connectivity index is 1.23. The molecule has 1 amide bonds. The zero-order valence-electron chi connectivity index (χ0n) is 19.7. The van der Waals surface area contributed by atoms with E-state index in [1.807, 2.05) is 43.0 Å². The summed E-state index contributed by atoms with van der Waals surface area (Å²) < 4.78 is 12.8. The lowest BCUT2D eigenvalue weighted by atomic mass is 9.99. The monoisotopic (exact) mass is 451 g/mol. The van der Waals surface area contributed by atoms with Crippen LogP contribution in [0.4, 0.5) is 0 Å². The van der Waals surface area contributed by atoms with Crippen LogP contribution in [0.5, 0.6) is 5.75 Å². The summed E-state index contributed by atoms with van der Waals surface area (Å²) >= 11 is 0. The van der Waals surface area contributed by atoms with Crippen molar-refractivity contribution in [3.05, 3.63) is 65.3 Å². The van der Waals surface area contributed by atoms with E-state index in [4.69, 9.17) is 9.26 Å². The fourth-order valence-electron chi connectivity index (χ4n) is 4.36. The van der Waals surface area contributed by atoms with E-state index in [1.54, 1.807) is 10.9 Å². The van der Waals surface area contributed by atoms with E-state index < -0.39 is 0 Å². The molecule has 1 aliphatic heterocycles. The number of carbonyl (C=O) groups excluding carboxylic acids is 1. The van der Waals surface area contributed by atoms with E-state index in [2.05, 4.69) is 34.3 Å². The molecule has 1 saturated heterocycles. The molecule has 1 aliphatic rings. The van der Waals surface area contributed by atoms with Gasteiger partial charge in [0.2, 0.25) is 5.91 Å². The van der Waals surface area contributed by atoms with E-state index in [0.717, 1.165) is 61.9 Å². The van der Waals surface area contributed by atoms with Crippen molar-refractivity contribution >= 4 is 5.91 Å². The highest BCUT2D eigenvalue weighted by Crippen LogP contribution is 2.20. The third kappa shape index (κ3) is 6.44. The van der Waals surface area contributed by atoms with Crippen LogP contribution in [0.15, 0.2) is 47.2 Å². The van der Waals surface area contributed by atoms with E-state index in [-0.39, 0.29) is 5.91 Å². The predicted octanol–water partition coefficient (Wildman–Crippen LogP) is 3.44. The molecule has 0 N–H and O–H groups in total. The van der Waals surface area contributed by atoms with Crippen LogP contribution in [0.25, 0.3) is 0 Å². The maximum absolute atomic E-state index is 12.8. The van der Waals surface area contributed by atoms with Gasteiger partial charge in [-0.2, -0.15) is 5.10 Å². The summed E-state index contributed by atoms with van der Waals surface area (Å²) in [6, 6.07) is 12.1. The van der Waals surface area contributed by atoms with Crippen molar-refractivity contribution in [2.24, 2.45) is 5.92 Å². The Hall–Kier alpha value is -3.13. The largest absolute Gasteiger partial charge is 0.493 e. The molecule has 2 aromatic heterocycles. The number of aryl methyl sites for hydroxylation is 2. The first-order valence-electron chi connectivity index (χ1n) is 11.5. The van der Waals surface area contributed by atoms with Crippen molar-refractivity contribution in [1.29, 1.82) is 0 Å². The molecule has 0 saturated carbocycles. The number of nitrogens with zero attached hydrogens (tertiary/aromatic N) is 5. The summed E-state index contributed by atoms with van der Waals surface area (Å²) in [6.45, 7) is 7.97. The number of likely N-dealkylation sites (tertiary alicyclic amines) is 1. The molecule has 33 heavy (non-hydrogen) atoms. The van der Waals surface area contributed by atoms with Gasteiger partial charge in [-0.3, -0.25) is 14.4 Å². The number of benzene rings is 1. The van der Waals surface area contributed by atoms with E-state index in [9.17, 15) is 4.79 Å². The van der Waals surface area contributed by atoms with Crippen LogP contribution in [0.1, 0.15) is 35.5 Å². The quantitative estimate of drug-likeness (QED) is 0.496. The molecule has 1 fully saturated rings. The molecule has 0 spiro atoms. The van der Waals surface area contributed by atoms with Crippen molar-refractivity contribution < 1.29 is 14.1 Å². The Morgan fingerprint density at radius 3 is 2.73 bits per heavy atom. The van der Waals surface area contributed by atoms with Crippen LogP contribution < -0.4 is 4.74 Å². The summed E-state index contributed by atoms with van der Waals surface area (Å²) in [7, 11) is 2.06. The molecule has 1 atom stereocenters. The lowest BCUT2D eigenvalue weighted by molar-refractivity contribution is -0.134. The SMILES string of the molecule is Cc1cc(C)n(CC(=O)N2CCC[C@H](COc3ccc(CN(C)Cc4ccon4)cc3)C2)n1. The van der Waals surface area contributed by atoms with Gasteiger partial charge in [0.25, 0.3) is 0 Å². The zero-order valence-corrected chi connectivity index (χ0v) is 19.7. The topological polar surface area (TPSA) is 76.6 Å². The molecule has 3 aromatic rings. The minimum Gasteiger partial charge on any atom is -0.493 e. The van der Waals surface area contributed by atoms with Crippen LogP contribution in [-0.4, -0.2) is 57.4 Å². The first-order chi connectivity index (χ1) is 16.0. The number of carbonyl (C=O) groups is 1. The zero-order chi connectivity index (χ0) is 23.2. The predicted molar refractivity (Wildman–Crippen MR) is 125 cm³/mol. The molecule has 0 aliphatic carbocycles. The van der Waals surface area contributed by atoms with Crippen LogP contribution in [-0.2, 0) is 24.4 Å². The Kier molecular flexibility index (Phi) is 7.44. The minimum atomic E-state index is 0.130. The highest BCUT2D eigenvalue weighted by atomic mass is 16.5. The second kappa shape index (κ2) is 10.7. The van der Waals surface area contributed by atoms with E-state index in [1.165, 1.54) is 5.56 Å².